The van der Waals surface area contributed by atoms with Crippen LogP contribution in [0.5, 0.6) is 0 Å². The Morgan fingerprint density at radius 3 is 2.67 bits per heavy atom. The van der Waals surface area contributed by atoms with Crippen molar-refractivity contribution in [3.8, 4) is 0 Å². The number of rotatable bonds is 5. The van der Waals surface area contributed by atoms with Gasteiger partial charge in [0, 0.05) is 17.8 Å². The zero-order valence-corrected chi connectivity index (χ0v) is 17.8. The number of benzene rings is 1. The number of carbonyl (C=O) groups excluding carboxylic acids is 2. The molecule has 0 aliphatic heterocycles. The lowest BCUT2D eigenvalue weighted by Crippen LogP contribution is -2.31. The van der Waals surface area contributed by atoms with Crippen LogP contribution in [0.3, 0.4) is 0 Å². The van der Waals surface area contributed by atoms with Crippen LogP contribution in [-0.4, -0.2) is 38.8 Å². The van der Waals surface area contributed by atoms with Crippen molar-refractivity contribution in [1.29, 1.82) is 0 Å². The summed E-state index contributed by atoms with van der Waals surface area (Å²) in [5, 5.41) is 7.35. The molecular formula is C22H19F3N4O4. The van der Waals surface area contributed by atoms with Gasteiger partial charge in [0.2, 0.25) is 0 Å². The summed E-state index contributed by atoms with van der Waals surface area (Å²) in [5.41, 5.74) is 1.23. The summed E-state index contributed by atoms with van der Waals surface area (Å²) in [6.07, 6.45) is -2.36. The highest BCUT2D eigenvalue weighted by Gasteiger charge is 2.39. The van der Waals surface area contributed by atoms with Crippen LogP contribution in [0, 0.1) is 6.92 Å². The fourth-order valence-electron chi connectivity index (χ4n) is 3.31. The van der Waals surface area contributed by atoms with Crippen molar-refractivity contribution in [2.75, 3.05) is 0 Å². The van der Waals surface area contributed by atoms with Gasteiger partial charge in [-0.3, -0.25) is 4.79 Å². The van der Waals surface area contributed by atoms with Crippen molar-refractivity contribution in [2.45, 2.75) is 39.1 Å². The standard InChI is InChI=1S/C22H19F3N4O4/c1-11-7-14-9-17(33-18(14)15(8-11)21(31)32-13(3)22(23,24)25)12(2)28-20(30)16-10-27-29-6-4-5-26-19(16)29/h4-10,12-13H,1-3H3,(H,28,30). The fourth-order valence-corrected chi connectivity index (χ4v) is 3.31. The Kier molecular flexibility index (Phi) is 5.56. The maximum Gasteiger partial charge on any atom is 0.425 e. The number of halogens is 3. The zero-order valence-electron chi connectivity index (χ0n) is 17.8. The molecule has 0 fully saturated rings. The lowest BCUT2D eigenvalue weighted by Gasteiger charge is -2.16. The number of esters is 1. The normalized spacial score (nSPS) is 13.8. The largest absolute Gasteiger partial charge is 0.458 e. The third-order valence-electron chi connectivity index (χ3n) is 5.04. The number of aromatic nitrogens is 3. The number of aryl methyl sites for hydroxylation is 1. The Morgan fingerprint density at radius 1 is 1.18 bits per heavy atom. The Bertz CT molecular complexity index is 1360. The molecule has 4 rings (SSSR count). The van der Waals surface area contributed by atoms with Gasteiger partial charge >= 0.3 is 12.1 Å². The van der Waals surface area contributed by atoms with Crippen LogP contribution in [0.25, 0.3) is 16.6 Å². The monoisotopic (exact) mass is 460 g/mol. The maximum absolute atomic E-state index is 12.8. The molecule has 0 radical (unpaired) electrons. The van der Waals surface area contributed by atoms with Crippen LogP contribution < -0.4 is 5.32 Å². The molecule has 0 bridgehead atoms. The quantitative estimate of drug-likeness (QED) is 0.444. The first-order chi connectivity index (χ1) is 15.5. The van der Waals surface area contributed by atoms with Gasteiger partial charge in [-0.1, -0.05) is 0 Å². The van der Waals surface area contributed by atoms with E-state index in [1.165, 1.54) is 16.8 Å². The van der Waals surface area contributed by atoms with Crippen LogP contribution in [0.1, 0.15) is 51.9 Å². The number of ether oxygens (including phenoxy) is 1. The molecule has 0 aliphatic carbocycles. The van der Waals surface area contributed by atoms with E-state index in [0.29, 0.717) is 22.4 Å². The minimum atomic E-state index is -4.68. The summed E-state index contributed by atoms with van der Waals surface area (Å²) in [6.45, 7) is 4.12. The molecule has 1 N–H and O–H groups in total. The third kappa shape index (κ3) is 4.38. The number of hydrogen-bond acceptors (Lipinski definition) is 6. The van der Waals surface area contributed by atoms with Gasteiger partial charge in [0.1, 0.15) is 22.5 Å². The van der Waals surface area contributed by atoms with E-state index in [4.69, 9.17) is 4.42 Å². The van der Waals surface area contributed by atoms with Crippen LogP contribution in [0.15, 0.2) is 47.3 Å². The molecule has 33 heavy (non-hydrogen) atoms. The van der Waals surface area contributed by atoms with E-state index in [1.54, 1.807) is 44.4 Å². The second-order valence-corrected chi connectivity index (χ2v) is 7.61. The number of carbonyl (C=O) groups is 2. The van der Waals surface area contributed by atoms with Gasteiger partial charge in [0.15, 0.2) is 11.8 Å². The maximum atomic E-state index is 12.8. The van der Waals surface area contributed by atoms with Crippen molar-refractivity contribution in [1.82, 2.24) is 19.9 Å². The highest BCUT2D eigenvalue weighted by atomic mass is 19.4. The summed E-state index contributed by atoms with van der Waals surface area (Å²) >= 11 is 0. The summed E-state index contributed by atoms with van der Waals surface area (Å²) in [6, 6.07) is 5.79. The van der Waals surface area contributed by atoms with E-state index in [0.717, 1.165) is 6.92 Å². The molecule has 3 aromatic heterocycles. The second-order valence-electron chi connectivity index (χ2n) is 7.61. The molecular weight excluding hydrogens is 441 g/mol. The van der Waals surface area contributed by atoms with Gasteiger partial charge in [-0.25, -0.2) is 14.3 Å². The number of amides is 1. The summed E-state index contributed by atoms with van der Waals surface area (Å²) in [7, 11) is 0. The molecule has 1 aromatic carbocycles. The van der Waals surface area contributed by atoms with Crippen molar-refractivity contribution in [3.63, 3.8) is 0 Å². The summed E-state index contributed by atoms with van der Waals surface area (Å²) in [4.78, 5) is 29.3. The predicted molar refractivity (Wildman–Crippen MR) is 111 cm³/mol. The first kappa shape index (κ1) is 22.3. The van der Waals surface area contributed by atoms with E-state index >= 15 is 0 Å². The van der Waals surface area contributed by atoms with Gasteiger partial charge in [0.05, 0.1) is 12.2 Å². The van der Waals surface area contributed by atoms with Crippen LogP contribution in [-0.2, 0) is 4.74 Å². The minimum Gasteiger partial charge on any atom is -0.458 e. The van der Waals surface area contributed by atoms with Crippen LogP contribution in [0.4, 0.5) is 13.2 Å². The lowest BCUT2D eigenvalue weighted by molar-refractivity contribution is -0.198. The SMILES string of the molecule is Cc1cc(C(=O)OC(C)C(F)(F)F)c2oc(C(C)NC(=O)c3cnn4cccnc34)cc2c1. The predicted octanol–water partition coefficient (Wildman–Crippen LogP) is 4.38. The van der Waals surface area contributed by atoms with Crippen molar-refractivity contribution in [3.05, 3.63) is 65.3 Å². The van der Waals surface area contributed by atoms with Gasteiger partial charge < -0.3 is 14.5 Å². The Morgan fingerprint density at radius 2 is 1.94 bits per heavy atom. The van der Waals surface area contributed by atoms with Gasteiger partial charge in [-0.05, 0) is 50.6 Å². The highest BCUT2D eigenvalue weighted by Crippen LogP contribution is 2.30. The Labute approximate surface area is 185 Å². The van der Waals surface area contributed by atoms with E-state index in [9.17, 15) is 22.8 Å². The van der Waals surface area contributed by atoms with E-state index in [1.807, 2.05) is 0 Å². The van der Waals surface area contributed by atoms with E-state index in [2.05, 4.69) is 20.1 Å². The number of hydrogen-bond donors (Lipinski definition) is 1. The smallest absolute Gasteiger partial charge is 0.425 e. The minimum absolute atomic E-state index is 0.0775. The lowest BCUT2D eigenvalue weighted by atomic mass is 10.1. The van der Waals surface area contributed by atoms with E-state index in [-0.39, 0.29) is 16.7 Å². The zero-order chi connectivity index (χ0) is 23.9. The highest BCUT2D eigenvalue weighted by molar-refractivity contribution is 6.03. The molecule has 0 saturated carbocycles. The first-order valence-electron chi connectivity index (χ1n) is 9.95. The molecule has 172 valence electrons. The molecule has 8 nitrogen and oxygen atoms in total. The molecule has 2 unspecified atom stereocenters. The molecule has 3 heterocycles. The first-order valence-corrected chi connectivity index (χ1v) is 9.95. The molecule has 0 aliphatic rings. The van der Waals surface area contributed by atoms with Gasteiger partial charge in [0.25, 0.3) is 5.91 Å². The van der Waals surface area contributed by atoms with Crippen molar-refractivity contribution >= 4 is 28.5 Å². The summed E-state index contributed by atoms with van der Waals surface area (Å²) < 4.78 is 50.3. The second kappa shape index (κ2) is 8.23. The molecule has 2 atom stereocenters. The Hall–Kier alpha value is -3.89. The Balaban J connectivity index is 1.60. The topological polar surface area (TPSA) is 98.7 Å². The van der Waals surface area contributed by atoms with Gasteiger partial charge in [-0.2, -0.15) is 18.3 Å². The van der Waals surface area contributed by atoms with Crippen LogP contribution >= 0.6 is 0 Å². The van der Waals surface area contributed by atoms with Crippen molar-refractivity contribution < 1.29 is 31.9 Å². The molecule has 0 saturated heterocycles. The third-order valence-corrected chi connectivity index (χ3v) is 5.04. The summed E-state index contributed by atoms with van der Waals surface area (Å²) in [5.74, 6) is -1.28. The van der Waals surface area contributed by atoms with Crippen molar-refractivity contribution in [2.24, 2.45) is 0 Å². The van der Waals surface area contributed by atoms with Gasteiger partial charge in [-0.15, -0.1) is 0 Å². The number of nitrogens with one attached hydrogen (secondary N) is 1. The molecule has 0 spiro atoms. The molecule has 11 heteroatoms. The number of nitrogens with zero attached hydrogens (tertiary/aromatic N) is 3. The fraction of sp³-hybridized carbons (Fsp3) is 0.273. The molecule has 1 amide bonds. The number of fused-ring (bicyclic) bond motifs is 2. The van der Waals surface area contributed by atoms with Crippen LogP contribution in [0.2, 0.25) is 0 Å². The number of furan rings is 1. The average Bonchev–Trinajstić information content (AvgIpc) is 3.36. The molecule has 4 aromatic rings. The average molecular weight is 460 g/mol. The number of alkyl halides is 3. The van der Waals surface area contributed by atoms with E-state index < -0.39 is 30.2 Å².